The van der Waals surface area contributed by atoms with E-state index in [1.165, 1.54) is 43.6 Å². The third kappa shape index (κ3) is 4.68. The van der Waals surface area contributed by atoms with E-state index < -0.39 is 0 Å². The maximum atomic E-state index is 12.6. The fourth-order valence-electron chi connectivity index (χ4n) is 5.69. The molecule has 4 nitrogen and oxygen atoms in total. The molecule has 2 aliphatic carbocycles. The highest BCUT2D eigenvalue weighted by molar-refractivity contribution is 8.01. The molecule has 0 bridgehead atoms. The van der Waals surface area contributed by atoms with Gasteiger partial charge in [0.2, 0.25) is 0 Å². The standard InChI is InChI=1S/C23H36N2O2S/c1-27-22(26)21-17-25(28-20-10-6-3-7-11-20)18-23(21)12-14-24(15-13-23)16-19-8-4-2-5-9-19/h6,10-11,19,21H,2-5,7-9,12-18H2,1H3. The van der Waals surface area contributed by atoms with E-state index in [0.717, 1.165) is 57.8 Å². The fraction of sp³-hybridized carbons (Fsp3) is 0.783. The predicted octanol–water partition coefficient (Wildman–Crippen LogP) is 4.64. The van der Waals surface area contributed by atoms with Gasteiger partial charge >= 0.3 is 5.97 Å². The predicted molar refractivity (Wildman–Crippen MR) is 116 cm³/mol. The highest BCUT2D eigenvalue weighted by Crippen LogP contribution is 2.48. The lowest BCUT2D eigenvalue weighted by atomic mass is 9.70. The van der Waals surface area contributed by atoms with Gasteiger partial charge in [0.15, 0.2) is 0 Å². The van der Waals surface area contributed by atoms with Crippen molar-refractivity contribution in [2.75, 3.05) is 39.8 Å². The molecule has 2 aliphatic heterocycles. The average molecular weight is 405 g/mol. The Morgan fingerprint density at radius 2 is 2.00 bits per heavy atom. The Bertz CT molecular complexity index is 604. The van der Waals surface area contributed by atoms with Crippen LogP contribution >= 0.6 is 11.9 Å². The number of ether oxygens (including phenoxy) is 1. The van der Waals surface area contributed by atoms with Crippen molar-refractivity contribution in [1.29, 1.82) is 0 Å². The Hall–Kier alpha value is -0.780. The summed E-state index contributed by atoms with van der Waals surface area (Å²) in [6, 6.07) is 0. The van der Waals surface area contributed by atoms with Crippen LogP contribution in [0.4, 0.5) is 0 Å². The van der Waals surface area contributed by atoms with Crippen LogP contribution in [0.15, 0.2) is 23.1 Å². The number of hydrogen-bond donors (Lipinski definition) is 0. The molecule has 5 heteroatoms. The van der Waals surface area contributed by atoms with Crippen molar-refractivity contribution >= 4 is 17.9 Å². The van der Waals surface area contributed by atoms with Crippen molar-refractivity contribution in [3.05, 3.63) is 23.1 Å². The van der Waals surface area contributed by atoms with Gasteiger partial charge in [-0.1, -0.05) is 37.5 Å². The van der Waals surface area contributed by atoms with Crippen LogP contribution in [-0.4, -0.2) is 55.0 Å². The van der Waals surface area contributed by atoms with Crippen LogP contribution < -0.4 is 0 Å². The number of rotatable bonds is 5. The van der Waals surface area contributed by atoms with Crippen LogP contribution in [0.2, 0.25) is 0 Å². The molecule has 1 unspecified atom stereocenters. The molecule has 0 aromatic rings. The summed E-state index contributed by atoms with van der Waals surface area (Å²) in [4.78, 5) is 16.6. The van der Waals surface area contributed by atoms with Crippen molar-refractivity contribution < 1.29 is 9.53 Å². The lowest BCUT2D eigenvalue weighted by Gasteiger charge is -2.43. The molecule has 0 aromatic carbocycles. The molecule has 4 rings (SSSR count). The fourth-order valence-corrected chi connectivity index (χ4v) is 6.88. The number of nitrogens with zero attached hydrogens (tertiary/aromatic N) is 2. The van der Waals surface area contributed by atoms with Crippen LogP contribution in [0.3, 0.4) is 0 Å². The van der Waals surface area contributed by atoms with Gasteiger partial charge in [-0.25, -0.2) is 4.31 Å². The first-order chi connectivity index (χ1) is 13.7. The smallest absolute Gasteiger partial charge is 0.310 e. The third-order valence-corrected chi connectivity index (χ3v) is 8.44. The second-order valence-corrected chi connectivity index (χ2v) is 10.4. The van der Waals surface area contributed by atoms with E-state index in [0.29, 0.717) is 0 Å². The molecule has 3 fully saturated rings. The minimum absolute atomic E-state index is 0.00278. The summed E-state index contributed by atoms with van der Waals surface area (Å²) in [5.74, 6) is 0.923. The van der Waals surface area contributed by atoms with E-state index in [1.54, 1.807) is 7.11 Å². The normalized spacial score (nSPS) is 29.2. The molecule has 0 N–H and O–H groups in total. The van der Waals surface area contributed by atoms with Gasteiger partial charge in [0.1, 0.15) is 0 Å². The van der Waals surface area contributed by atoms with Gasteiger partial charge in [-0.15, -0.1) is 0 Å². The van der Waals surface area contributed by atoms with E-state index in [-0.39, 0.29) is 17.3 Å². The first-order valence-electron chi connectivity index (χ1n) is 11.3. The second-order valence-electron chi connectivity index (χ2n) is 9.24. The number of piperidine rings is 1. The Morgan fingerprint density at radius 1 is 1.21 bits per heavy atom. The summed E-state index contributed by atoms with van der Waals surface area (Å²) in [5.41, 5.74) is 0.0993. The molecule has 4 aliphatic rings. The van der Waals surface area contributed by atoms with Gasteiger partial charge in [0.05, 0.1) is 13.0 Å². The molecule has 2 heterocycles. The highest BCUT2D eigenvalue weighted by Gasteiger charge is 2.52. The average Bonchev–Trinajstić information content (AvgIpc) is 3.08. The molecule has 1 saturated carbocycles. The summed E-state index contributed by atoms with van der Waals surface area (Å²) in [6.07, 6.45) is 18.5. The highest BCUT2D eigenvalue weighted by atomic mass is 32.2. The molecule has 156 valence electrons. The first-order valence-corrected chi connectivity index (χ1v) is 12.1. The molecule has 0 amide bonds. The topological polar surface area (TPSA) is 32.8 Å². The van der Waals surface area contributed by atoms with E-state index in [9.17, 15) is 4.79 Å². The minimum atomic E-state index is -0.00278. The molecule has 28 heavy (non-hydrogen) atoms. The van der Waals surface area contributed by atoms with Crippen LogP contribution in [0, 0.1) is 17.3 Å². The van der Waals surface area contributed by atoms with E-state index >= 15 is 0 Å². The van der Waals surface area contributed by atoms with Crippen molar-refractivity contribution in [2.24, 2.45) is 17.3 Å². The quantitative estimate of drug-likeness (QED) is 0.493. The number of likely N-dealkylation sites (tertiary alicyclic amines) is 1. The number of carbonyl (C=O) groups is 1. The van der Waals surface area contributed by atoms with Crippen LogP contribution in [0.1, 0.15) is 57.8 Å². The lowest BCUT2D eigenvalue weighted by Crippen LogP contribution is -2.47. The number of esters is 1. The third-order valence-electron chi connectivity index (χ3n) is 7.39. The summed E-state index contributed by atoms with van der Waals surface area (Å²) >= 11 is 1.84. The van der Waals surface area contributed by atoms with Gasteiger partial charge in [0.25, 0.3) is 0 Å². The van der Waals surface area contributed by atoms with Gasteiger partial charge in [0, 0.05) is 30.0 Å². The number of hydrogen-bond acceptors (Lipinski definition) is 5. The summed E-state index contributed by atoms with van der Waals surface area (Å²) in [6.45, 7) is 5.40. The lowest BCUT2D eigenvalue weighted by molar-refractivity contribution is -0.149. The van der Waals surface area contributed by atoms with Crippen molar-refractivity contribution in [3.8, 4) is 0 Å². The molecule has 0 radical (unpaired) electrons. The molecule has 1 atom stereocenters. The van der Waals surface area contributed by atoms with E-state index in [2.05, 4.69) is 27.4 Å². The number of carbonyl (C=O) groups excluding carboxylic acids is 1. The van der Waals surface area contributed by atoms with Gasteiger partial charge in [-0.2, -0.15) is 0 Å². The molecule has 1 spiro atoms. The van der Waals surface area contributed by atoms with Crippen LogP contribution in [0.25, 0.3) is 0 Å². The SMILES string of the molecule is COC(=O)C1CN(SC2=CCCC=C2)CC12CCN(CC1CCCCC1)CC2. The molecule has 0 aromatic heterocycles. The van der Waals surface area contributed by atoms with Gasteiger partial charge < -0.3 is 9.64 Å². The Balaban J connectivity index is 1.37. The zero-order valence-electron chi connectivity index (χ0n) is 17.4. The maximum absolute atomic E-state index is 12.6. The molecule has 2 saturated heterocycles. The number of allylic oxidation sites excluding steroid dienone is 3. The second kappa shape index (κ2) is 9.36. The van der Waals surface area contributed by atoms with E-state index in [1.807, 2.05) is 11.9 Å². The Kier molecular flexibility index (Phi) is 6.85. The van der Waals surface area contributed by atoms with Crippen LogP contribution in [-0.2, 0) is 9.53 Å². The monoisotopic (exact) mass is 404 g/mol. The zero-order valence-corrected chi connectivity index (χ0v) is 18.2. The zero-order chi connectivity index (χ0) is 19.4. The van der Waals surface area contributed by atoms with Crippen molar-refractivity contribution in [1.82, 2.24) is 9.21 Å². The maximum Gasteiger partial charge on any atom is 0.310 e. The number of methoxy groups -OCH3 is 1. The summed E-state index contributed by atoms with van der Waals surface area (Å²) in [7, 11) is 1.55. The van der Waals surface area contributed by atoms with Crippen molar-refractivity contribution in [2.45, 2.75) is 57.8 Å². The van der Waals surface area contributed by atoms with E-state index in [4.69, 9.17) is 4.74 Å². The molecular weight excluding hydrogens is 368 g/mol. The summed E-state index contributed by atoms with van der Waals surface area (Å²) < 4.78 is 7.66. The first kappa shape index (κ1) is 20.5. The van der Waals surface area contributed by atoms with Crippen molar-refractivity contribution in [3.63, 3.8) is 0 Å². The minimum Gasteiger partial charge on any atom is -0.469 e. The van der Waals surface area contributed by atoms with Crippen LogP contribution in [0.5, 0.6) is 0 Å². The van der Waals surface area contributed by atoms with Gasteiger partial charge in [-0.05, 0) is 69.5 Å². The largest absolute Gasteiger partial charge is 0.469 e. The Labute approximate surface area is 174 Å². The molecular formula is C23H36N2O2S. The Morgan fingerprint density at radius 3 is 2.68 bits per heavy atom. The summed E-state index contributed by atoms with van der Waals surface area (Å²) in [5, 5.41) is 0. The van der Waals surface area contributed by atoms with Gasteiger partial charge in [-0.3, -0.25) is 4.79 Å².